The van der Waals surface area contributed by atoms with Gasteiger partial charge < -0.3 is 15.5 Å². The van der Waals surface area contributed by atoms with Gasteiger partial charge in [0.05, 0.1) is 10.7 Å². The summed E-state index contributed by atoms with van der Waals surface area (Å²) in [6.45, 7) is 4.92. The summed E-state index contributed by atoms with van der Waals surface area (Å²) in [5, 5.41) is 5.97. The summed E-state index contributed by atoms with van der Waals surface area (Å²) in [6.07, 6.45) is 2.65. The van der Waals surface area contributed by atoms with Gasteiger partial charge >= 0.3 is 0 Å². The summed E-state index contributed by atoms with van der Waals surface area (Å²) < 4.78 is 0. The minimum atomic E-state index is -0.251. The van der Waals surface area contributed by atoms with E-state index in [0.717, 1.165) is 25.1 Å². The smallest absolute Gasteiger partial charge is 0.255 e. The van der Waals surface area contributed by atoms with Gasteiger partial charge in [0.25, 0.3) is 5.91 Å². The minimum absolute atomic E-state index is 0.0996. The molecular weight excluding hydrogens is 362 g/mol. The molecule has 144 valence electrons. The third-order valence-corrected chi connectivity index (χ3v) is 4.57. The van der Waals surface area contributed by atoms with Crippen molar-refractivity contribution in [3.05, 3.63) is 53.1 Å². The molecule has 0 bridgehead atoms. The number of amides is 2. The Hall–Kier alpha value is -2.53. The number of unbranched alkanes of at least 4 members (excludes halogenated alkanes) is 1. The highest BCUT2D eigenvalue weighted by atomic mass is 35.5. The Kier molecular flexibility index (Phi) is 7.67. The molecule has 0 spiro atoms. The zero-order chi connectivity index (χ0) is 19.8. The fraction of sp³-hybridized carbons (Fsp3) is 0.333. The fourth-order valence-electron chi connectivity index (χ4n) is 2.53. The molecule has 2 aromatic rings. The normalized spacial score (nSPS) is 10.4. The second kappa shape index (κ2) is 9.97. The zero-order valence-electron chi connectivity index (χ0n) is 16.0. The van der Waals surface area contributed by atoms with Crippen LogP contribution >= 0.6 is 11.6 Å². The van der Waals surface area contributed by atoms with E-state index < -0.39 is 0 Å². The van der Waals surface area contributed by atoms with Gasteiger partial charge in [-0.1, -0.05) is 31.9 Å². The van der Waals surface area contributed by atoms with Gasteiger partial charge in [-0.2, -0.15) is 0 Å². The van der Waals surface area contributed by atoms with Crippen molar-refractivity contribution in [2.45, 2.75) is 33.1 Å². The van der Waals surface area contributed by atoms with Gasteiger partial charge in [-0.25, -0.2) is 0 Å². The molecule has 6 heteroatoms. The number of carbonyl (C=O) groups is 2. The molecule has 0 aromatic heterocycles. The Morgan fingerprint density at radius 2 is 1.74 bits per heavy atom. The average molecular weight is 388 g/mol. The first-order valence-corrected chi connectivity index (χ1v) is 9.54. The first kappa shape index (κ1) is 20.8. The Balaban J connectivity index is 2.08. The lowest BCUT2D eigenvalue weighted by Crippen LogP contribution is -2.18. The third kappa shape index (κ3) is 6.00. The van der Waals surface area contributed by atoms with Crippen LogP contribution in [-0.2, 0) is 4.79 Å². The van der Waals surface area contributed by atoms with Crippen molar-refractivity contribution in [1.82, 2.24) is 0 Å². The highest BCUT2D eigenvalue weighted by Gasteiger charge is 2.11. The number of rotatable bonds is 8. The van der Waals surface area contributed by atoms with Gasteiger partial charge in [0.15, 0.2) is 0 Å². The highest BCUT2D eigenvalue weighted by molar-refractivity contribution is 6.34. The number of hydrogen-bond donors (Lipinski definition) is 2. The van der Waals surface area contributed by atoms with E-state index in [9.17, 15) is 9.59 Å². The molecule has 27 heavy (non-hydrogen) atoms. The molecule has 0 heterocycles. The second-order valence-electron chi connectivity index (χ2n) is 6.37. The lowest BCUT2D eigenvalue weighted by molar-refractivity contribution is -0.115. The number of carbonyl (C=O) groups excluding carboxylic acids is 2. The Morgan fingerprint density at radius 1 is 1.04 bits per heavy atom. The van der Waals surface area contributed by atoms with Gasteiger partial charge in [-0.15, -0.1) is 0 Å². The van der Waals surface area contributed by atoms with Gasteiger partial charge in [0.1, 0.15) is 0 Å². The molecule has 0 aliphatic rings. The number of nitrogens with zero attached hydrogens (tertiary/aromatic N) is 1. The van der Waals surface area contributed by atoms with E-state index >= 15 is 0 Å². The summed E-state index contributed by atoms with van der Waals surface area (Å²) in [6, 6.07) is 12.5. The zero-order valence-corrected chi connectivity index (χ0v) is 16.8. The van der Waals surface area contributed by atoms with Gasteiger partial charge in [0, 0.05) is 37.0 Å². The number of nitrogens with one attached hydrogen (secondary N) is 2. The maximum Gasteiger partial charge on any atom is 0.255 e. The SMILES string of the molecule is CCCCN(C)c1ccc(C(=O)Nc2cc(NC(=O)CC)ccc2Cl)cc1. The molecule has 0 fully saturated rings. The quantitative estimate of drug-likeness (QED) is 0.656. The Labute approximate surface area is 165 Å². The summed E-state index contributed by atoms with van der Waals surface area (Å²) in [7, 11) is 2.04. The number of halogens is 1. The number of hydrogen-bond acceptors (Lipinski definition) is 3. The summed E-state index contributed by atoms with van der Waals surface area (Å²) in [4.78, 5) is 26.2. The molecule has 0 unspecified atom stereocenters. The molecule has 2 N–H and O–H groups in total. The first-order chi connectivity index (χ1) is 12.9. The lowest BCUT2D eigenvalue weighted by atomic mass is 10.1. The van der Waals surface area contributed by atoms with Crippen LogP contribution in [0, 0.1) is 0 Å². The second-order valence-corrected chi connectivity index (χ2v) is 6.78. The molecule has 0 saturated carbocycles. The van der Waals surface area contributed by atoms with Crippen molar-refractivity contribution in [3.63, 3.8) is 0 Å². The van der Waals surface area contributed by atoms with Crippen LogP contribution in [-0.4, -0.2) is 25.4 Å². The van der Waals surface area contributed by atoms with Gasteiger partial charge in [0.2, 0.25) is 5.91 Å². The fourth-order valence-corrected chi connectivity index (χ4v) is 2.70. The van der Waals surface area contributed by atoms with Crippen LogP contribution in [0.5, 0.6) is 0 Å². The van der Waals surface area contributed by atoms with Crippen molar-refractivity contribution in [1.29, 1.82) is 0 Å². The molecule has 0 radical (unpaired) electrons. The topological polar surface area (TPSA) is 61.4 Å². The van der Waals surface area contributed by atoms with Crippen LogP contribution in [0.4, 0.5) is 17.1 Å². The van der Waals surface area contributed by atoms with E-state index in [2.05, 4.69) is 22.5 Å². The maximum absolute atomic E-state index is 12.5. The molecule has 0 atom stereocenters. The molecule has 0 saturated heterocycles. The molecule has 5 nitrogen and oxygen atoms in total. The van der Waals surface area contributed by atoms with E-state index in [1.165, 1.54) is 0 Å². The molecule has 2 rings (SSSR count). The van der Waals surface area contributed by atoms with E-state index in [0.29, 0.717) is 28.4 Å². The predicted molar refractivity (Wildman–Crippen MR) is 113 cm³/mol. The number of anilines is 3. The molecule has 2 amide bonds. The molecular formula is C21H26ClN3O2. The number of benzene rings is 2. The van der Waals surface area contributed by atoms with Crippen LogP contribution in [0.15, 0.2) is 42.5 Å². The van der Waals surface area contributed by atoms with Crippen LogP contribution < -0.4 is 15.5 Å². The standard InChI is InChI=1S/C21H26ClN3O2/c1-4-6-13-25(3)17-10-7-15(8-11-17)21(27)24-19-14-16(9-12-18(19)22)23-20(26)5-2/h7-12,14H,4-6,13H2,1-3H3,(H,23,26)(H,24,27). The van der Waals surface area contributed by atoms with Gasteiger partial charge in [-0.05, 0) is 48.9 Å². The minimum Gasteiger partial charge on any atom is -0.375 e. The first-order valence-electron chi connectivity index (χ1n) is 9.16. The highest BCUT2D eigenvalue weighted by Crippen LogP contribution is 2.26. The van der Waals surface area contributed by atoms with Crippen molar-refractivity contribution < 1.29 is 9.59 Å². The predicted octanol–water partition coefficient (Wildman–Crippen LogP) is 5.18. The average Bonchev–Trinajstić information content (AvgIpc) is 2.68. The van der Waals surface area contributed by atoms with E-state index in [1.54, 1.807) is 37.3 Å². The Morgan fingerprint density at radius 3 is 2.37 bits per heavy atom. The largest absolute Gasteiger partial charge is 0.375 e. The van der Waals surface area contributed by atoms with Crippen molar-refractivity contribution in [2.75, 3.05) is 29.1 Å². The summed E-state index contributed by atoms with van der Waals surface area (Å²) >= 11 is 6.18. The Bertz CT molecular complexity index is 791. The van der Waals surface area contributed by atoms with E-state index in [1.807, 2.05) is 19.2 Å². The summed E-state index contributed by atoms with van der Waals surface area (Å²) in [5.74, 6) is -0.351. The van der Waals surface area contributed by atoms with E-state index in [4.69, 9.17) is 11.6 Å². The lowest BCUT2D eigenvalue weighted by Gasteiger charge is -2.19. The van der Waals surface area contributed by atoms with Crippen LogP contribution in [0.2, 0.25) is 5.02 Å². The maximum atomic E-state index is 12.5. The monoisotopic (exact) mass is 387 g/mol. The van der Waals surface area contributed by atoms with Crippen LogP contribution in [0.1, 0.15) is 43.5 Å². The van der Waals surface area contributed by atoms with Crippen LogP contribution in [0.25, 0.3) is 0 Å². The van der Waals surface area contributed by atoms with E-state index in [-0.39, 0.29) is 11.8 Å². The van der Waals surface area contributed by atoms with Crippen molar-refractivity contribution >= 4 is 40.5 Å². The van der Waals surface area contributed by atoms with Crippen molar-refractivity contribution in [2.24, 2.45) is 0 Å². The molecule has 0 aliphatic carbocycles. The van der Waals surface area contributed by atoms with Crippen LogP contribution in [0.3, 0.4) is 0 Å². The summed E-state index contributed by atoms with van der Waals surface area (Å²) in [5.41, 5.74) is 2.66. The molecule has 0 aliphatic heterocycles. The molecule has 2 aromatic carbocycles. The van der Waals surface area contributed by atoms with Crippen molar-refractivity contribution in [3.8, 4) is 0 Å². The third-order valence-electron chi connectivity index (χ3n) is 4.24. The van der Waals surface area contributed by atoms with Gasteiger partial charge in [-0.3, -0.25) is 9.59 Å².